The third kappa shape index (κ3) is 2.40. The molecule has 0 unspecified atom stereocenters. The van der Waals surface area contributed by atoms with Crippen LogP contribution in [0.1, 0.15) is 17.3 Å². The van der Waals surface area contributed by atoms with Crippen molar-refractivity contribution in [1.29, 1.82) is 0 Å². The molecule has 0 saturated carbocycles. The molecule has 1 atom stereocenters. The minimum Gasteiger partial charge on any atom is -0.489 e. The molecule has 0 N–H and O–H groups in total. The molecule has 0 radical (unpaired) electrons. The summed E-state index contributed by atoms with van der Waals surface area (Å²) in [6, 6.07) is 10.9. The summed E-state index contributed by atoms with van der Waals surface area (Å²) >= 11 is 0. The van der Waals surface area contributed by atoms with Gasteiger partial charge in [0.05, 0.1) is 11.7 Å². The molecule has 3 heterocycles. The number of para-hydroxylation sites is 2. The topological polar surface area (TPSA) is 73.1 Å². The van der Waals surface area contributed by atoms with Gasteiger partial charge in [0, 0.05) is 11.8 Å². The Morgan fingerprint density at radius 3 is 3.00 bits per heavy atom. The Balaban J connectivity index is 1.73. The molecule has 1 amide bonds. The fourth-order valence-corrected chi connectivity index (χ4v) is 2.75. The first-order chi connectivity index (χ1) is 11.7. The van der Waals surface area contributed by atoms with Crippen LogP contribution in [0.25, 0.3) is 5.82 Å². The molecule has 0 fully saturated rings. The van der Waals surface area contributed by atoms with Crippen molar-refractivity contribution in [3.63, 3.8) is 0 Å². The number of rotatable bonds is 2. The van der Waals surface area contributed by atoms with Gasteiger partial charge in [-0.15, -0.1) is 0 Å². The van der Waals surface area contributed by atoms with Gasteiger partial charge in [0.2, 0.25) is 0 Å². The zero-order valence-electron chi connectivity index (χ0n) is 13.0. The van der Waals surface area contributed by atoms with Gasteiger partial charge in [-0.2, -0.15) is 5.10 Å². The smallest absolute Gasteiger partial charge is 0.258 e. The summed E-state index contributed by atoms with van der Waals surface area (Å²) in [7, 11) is 0. The largest absolute Gasteiger partial charge is 0.489 e. The Morgan fingerprint density at radius 2 is 2.17 bits per heavy atom. The summed E-state index contributed by atoms with van der Waals surface area (Å²) in [6.45, 7) is 2.43. The number of hydrogen-bond donors (Lipinski definition) is 0. The minimum absolute atomic E-state index is 0.0598. The molecule has 7 nitrogen and oxygen atoms in total. The van der Waals surface area contributed by atoms with E-state index in [1.165, 1.54) is 11.0 Å². The number of hydrogen-bond acceptors (Lipinski definition) is 5. The lowest BCUT2D eigenvalue weighted by atomic mass is 10.1. The number of benzene rings is 1. The normalized spacial score (nSPS) is 16.4. The van der Waals surface area contributed by atoms with Gasteiger partial charge in [0.1, 0.15) is 25.0 Å². The fraction of sp³-hybridized carbons (Fsp3) is 0.176. The monoisotopic (exact) mass is 321 g/mol. The van der Waals surface area contributed by atoms with E-state index < -0.39 is 0 Å². The van der Waals surface area contributed by atoms with Crippen LogP contribution in [-0.4, -0.2) is 38.3 Å². The van der Waals surface area contributed by atoms with E-state index in [-0.39, 0.29) is 11.9 Å². The summed E-state index contributed by atoms with van der Waals surface area (Å²) in [5.41, 5.74) is 1.32. The van der Waals surface area contributed by atoms with Crippen LogP contribution in [-0.2, 0) is 0 Å². The van der Waals surface area contributed by atoms with Crippen molar-refractivity contribution in [3.05, 3.63) is 60.8 Å². The van der Waals surface area contributed by atoms with Gasteiger partial charge in [-0.05, 0) is 31.2 Å². The van der Waals surface area contributed by atoms with E-state index in [1.54, 1.807) is 29.6 Å². The van der Waals surface area contributed by atoms with Crippen LogP contribution in [0, 0.1) is 0 Å². The van der Waals surface area contributed by atoms with Gasteiger partial charge in [0.25, 0.3) is 5.91 Å². The number of amides is 1. The maximum atomic E-state index is 13.1. The number of nitrogens with zero attached hydrogens (tertiary/aromatic N) is 5. The molecule has 7 heteroatoms. The summed E-state index contributed by atoms with van der Waals surface area (Å²) in [6.07, 6.45) is 4.57. The quantitative estimate of drug-likeness (QED) is 0.722. The van der Waals surface area contributed by atoms with Crippen molar-refractivity contribution in [2.45, 2.75) is 13.0 Å². The molecule has 1 aliphatic rings. The van der Waals surface area contributed by atoms with Gasteiger partial charge in [-0.1, -0.05) is 12.1 Å². The van der Waals surface area contributed by atoms with Gasteiger partial charge in [-0.25, -0.2) is 14.6 Å². The van der Waals surface area contributed by atoms with Crippen molar-refractivity contribution < 1.29 is 9.53 Å². The highest BCUT2D eigenvalue weighted by atomic mass is 16.5. The highest BCUT2D eigenvalue weighted by Gasteiger charge is 2.30. The average Bonchev–Trinajstić information content (AvgIpc) is 3.16. The Bertz CT molecular complexity index is 878. The summed E-state index contributed by atoms with van der Waals surface area (Å²) < 4.78 is 7.23. The van der Waals surface area contributed by atoms with E-state index in [2.05, 4.69) is 15.1 Å². The molecule has 0 saturated heterocycles. The van der Waals surface area contributed by atoms with Crippen LogP contribution in [0.2, 0.25) is 0 Å². The van der Waals surface area contributed by atoms with E-state index in [0.29, 0.717) is 18.0 Å². The highest BCUT2D eigenvalue weighted by molar-refractivity contribution is 6.07. The van der Waals surface area contributed by atoms with Crippen LogP contribution in [0.3, 0.4) is 0 Å². The lowest BCUT2D eigenvalue weighted by Crippen LogP contribution is -2.45. The third-order valence-corrected chi connectivity index (χ3v) is 3.91. The Labute approximate surface area is 138 Å². The van der Waals surface area contributed by atoms with Gasteiger partial charge < -0.3 is 4.74 Å². The van der Waals surface area contributed by atoms with E-state index >= 15 is 0 Å². The number of aromatic nitrogens is 4. The standard InChI is InChI=1S/C17H15N5O2/c1-12-9-24-15-5-3-2-4-14(15)22(12)17(23)13-6-7-19-16(8-13)21-11-18-10-20-21/h2-8,10-12H,9H2,1H3/t12-/m0/s1. The molecule has 120 valence electrons. The second-order valence-corrected chi connectivity index (χ2v) is 5.55. The maximum Gasteiger partial charge on any atom is 0.258 e. The number of carbonyl (C=O) groups excluding carboxylic acids is 1. The first-order valence-corrected chi connectivity index (χ1v) is 7.60. The maximum absolute atomic E-state index is 13.1. The first kappa shape index (κ1) is 14.4. The van der Waals surface area contributed by atoms with E-state index in [0.717, 1.165) is 11.4 Å². The average molecular weight is 321 g/mol. The molecule has 3 aromatic rings. The Kier molecular flexibility index (Phi) is 3.45. The molecule has 24 heavy (non-hydrogen) atoms. The minimum atomic E-state index is -0.0954. The van der Waals surface area contributed by atoms with Crippen molar-refractivity contribution in [3.8, 4) is 11.6 Å². The van der Waals surface area contributed by atoms with Crippen LogP contribution in [0.5, 0.6) is 5.75 Å². The lowest BCUT2D eigenvalue weighted by Gasteiger charge is -2.35. The second kappa shape index (κ2) is 5.77. The van der Waals surface area contributed by atoms with Crippen LogP contribution < -0.4 is 9.64 Å². The van der Waals surface area contributed by atoms with Crippen molar-refractivity contribution in [1.82, 2.24) is 19.7 Å². The molecule has 1 aromatic carbocycles. The number of fused-ring (bicyclic) bond motifs is 1. The van der Waals surface area contributed by atoms with Crippen LogP contribution in [0.4, 0.5) is 5.69 Å². The molecule has 2 aromatic heterocycles. The molecule has 0 bridgehead atoms. The number of pyridine rings is 1. The van der Waals surface area contributed by atoms with E-state index in [9.17, 15) is 4.79 Å². The molecule has 0 aliphatic carbocycles. The van der Waals surface area contributed by atoms with Gasteiger partial charge in [-0.3, -0.25) is 9.69 Å². The molecule has 4 rings (SSSR count). The van der Waals surface area contributed by atoms with E-state index in [4.69, 9.17) is 4.74 Å². The summed E-state index contributed by atoms with van der Waals surface area (Å²) in [5, 5.41) is 4.05. The summed E-state index contributed by atoms with van der Waals surface area (Å²) in [4.78, 5) is 23.0. The van der Waals surface area contributed by atoms with Crippen LogP contribution in [0.15, 0.2) is 55.2 Å². The second-order valence-electron chi connectivity index (χ2n) is 5.55. The fourth-order valence-electron chi connectivity index (χ4n) is 2.75. The van der Waals surface area contributed by atoms with Gasteiger partial charge in [0.15, 0.2) is 5.82 Å². The predicted octanol–water partition coefficient (Wildman–Crippen LogP) is 2.09. The Morgan fingerprint density at radius 1 is 1.29 bits per heavy atom. The SMILES string of the molecule is C[C@H]1COc2ccccc2N1C(=O)c1ccnc(-n2cncn2)c1. The molecular weight excluding hydrogens is 306 g/mol. The Hall–Kier alpha value is -3.22. The van der Waals surface area contributed by atoms with E-state index in [1.807, 2.05) is 31.2 Å². The van der Waals surface area contributed by atoms with Crippen molar-refractivity contribution in [2.75, 3.05) is 11.5 Å². The first-order valence-electron chi connectivity index (χ1n) is 7.60. The van der Waals surface area contributed by atoms with Crippen molar-refractivity contribution in [2.24, 2.45) is 0 Å². The molecular formula is C17H15N5O2. The highest BCUT2D eigenvalue weighted by Crippen LogP contribution is 2.34. The van der Waals surface area contributed by atoms with Crippen molar-refractivity contribution >= 4 is 11.6 Å². The summed E-state index contributed by atoms with van der Waals surface area (Å²) in [5.74, 6) is 1.17. The number of carbonyl (C=O) groups is 1. The third-order valence-electron chi connectivity index (χ3n) is 3.91. The molecule has 0 spiro atoms. The molecule has 1 aliphatic heterocycles. The number of anilines is 1. The number of ether oxygens (including phenoxy) is 1. The zero-order valence-corrected chi connectivity index (χ0v) is 13.0. The van der Waals surface area contributed by atoms with Crippen LogP contribution >= 0.6 is 0 Å². The zero-order chi connectivity index (χ0) is 16.5. The lowest BCUT2D eigenvalue weighted by molar-refractivity contribution is 0.0961. The predicted molar refractivity (Wildman–Crippen MR) is 87.4 cm³/mol. The van der Waals surface area contributed by atoms with Gasteiger partial charge >= 0.3 is 0 Å².